The minimum Gasteiger partial charge on any atom is -0.494 e. The van der Waals surface area contributed by atoms with E-state index in [0.29, 0.717) is 35.0 Å². The standard InChI is InChI=1S/C27H24ClN3O4/c1-4-35-22-12-10-21(11-13-22)31-26(33)23(28)24(27(31)34)29-19-7-5-6-18(15-19)25(32)30-20-9-8-16(2)17(3)14-20/h5-15,29H,4H2,1-3H3,(H,30,32). The highest BCUT2D eigenvalue weighted by Gasteiger charge is 2.39. The predicted octanol–water partition coefficient (Wildman–Crippen LogP) is 5.39. The quantitative estimate of drug-likeness (QED) is 0.434. The summed E-state index contributed by atoms with van der Waals surface area (Å²) in [6.07, 6.45) is 0. The molecule has 0 aliphatic carbocycles. The summed E-state index contributed by atoms with van der Waals surface area (Å²) in [6.45, 7) is 6.35. The normalized spacial score (nSPS) is 13.3. The fourth-order valence-electron chi connectivity index (χ4n) is 3.61. The van der Waals surface area contributed by atoms with Crippen molar-refractivity contribution in [3.8, 4) is 5.75 Å². The van der Waals surface area contributed by atoms with Crippen LogP contribution in [0.15, 0.2) is 77.5 Å². The summed E-state index contributed by atoms with van der Waals surface area (Å²) in [7, 11) is 0. The highest BCUT2D eigenvalue weighted by molar-refractivity contribution is 6.53. The summed E-state index contributed by atoms with van der Waals surface area (Å²) < 4.78 is 5.41. The van der Waals surface area contributed by atoms with Crippen molar-refractivity contribution in [2.45, 2.75) is 20.8 Å². The number of rotatable bonds is 7. The Balaban J connectivity index is 1.51. The monoisotopic (exact) mass is 489 g/mol. The van der Waals surface area contributed by atoms with Crippen LogP contribution in [-0.2, 0) is 9.59 Å². The number of anilines is 3. The van der Waals surface area contributed by atoms with Crippen molar-refractivity contribution in [2.75, 3.05) is 22.1 Å². The van der Waals surface area contributed by atoms with Gasteiger partial charge < -0.3 is 15.4 Å². The van der Waals surface area contributed by atoms with Gasteiger partial charge in [-0.1, -0.05) is 23.7 Å². The molecule has 7 nitrogen and oxygen atoms in total. The van der Waals surface area contributed by atoms with Crippen molar-refractivity contribution in [3.05, 3.63) is 94.1 Å². The second kappa shape index (κ2) is 10.0. The first-order valence-electron chi connectivity index (χ1n) is 11.1. The summed E-state index contributed by atoms with van der Waals surface area (Å²) in [5.74, 6) is -0.897. The van der Waals surface area contributed by atoms with Gasteiger partial charge in [0.25, 0.3) is 17.7 Å². The number of carbonyl (C=O) groups is 3. The van der Waals surface area contributed by atoms with Crippen molar-refractivity contribution >= 4 is 46.4 Å². The Morgan fingerprint density at radius 2 is 1.66 bits per heavy atom. The molecule has 3 aromatic rings. The molecule has 2 N–H and O–H groups in total. The Labute approximate surface area is 208 Å². The molecule has 0 fully saturated rings. The van der Waals surface area contributed by atoms with Gasteiger partial charge in [-0.3, -0.25) is 14.4 Å². The Morgan fingerprint density at radius 3 is 2.34 bits per heavy atom. The Bertz CT molecular complexity index is 1350. The number of carbonyl (C=O) groups excluding carboxylic acids is 3. The summed E-state index contributed by atoms with van der Waals surface area (Å²) in [5.41, 5.74) is 4.03. The van der Waals surface area contributed by atoms with Crippen LogP contribution in [0.3, 0.4) is 0 Å². The summed E-state index contributed by atoms with van der Waals surface area (Å²) in [5, 5.41) is 5.55. The van der Waals surface area contributed by atoms with Gasteiger partial charge in [-0.2, -0.15) is 0 Å². The zero-order valence-corrected chi connectivity index (χ0v) is 20.3. The van der Waals surface area contributed by atoms with E-state index in [1.165, 1.54) is 0 Å². The number of nitrogens with zero attached hydrogens (tertiary/aromatic N) is 1. The number of imide groups is 1. The molecule has 35 heavy (non-hydrogen) atoms. The van der Waals surface area contributed by atoms with Gasteiger partial charge in [0.05, 0.1) is 12.3 Å². The molecule has 1 aliphatic rings. The maximum absolute atomic E-state index is 13.1. The molecule has 3 amide bonds. The third kappa shape index (κ3) is 5.05. The molecule has 0 atom stereocenters. The molecule has 178 valence electrons. The number of halogens is 1. The van der Waals surface area contributed by atoms with Gasteiger partial charge in [-0.25, -0.2) is 4.90 Å². The van der Waals surface area contributed by atoms with E-state index in [2.05, 4.69) is 10.6 Å². The maximum Gasteiger partial charge on any atom is 0.283 e. The molecule has 8 heteroatoms. The fraction of sp³-hybridized carbons (Fsp3) is 0.148. The molecule has 1 aliphatic heterocycles. The molecule has 0 spiro atoms. The zero-order valence-electron chi connectivity index (χ0n) is 19.5. The molecule has 0 bridgehead atoms. The average Bonchev–Trinajstić information content (AvgIpc) is 3.05. The topological polar surface area (TPSA) is 87.7 Å². The number of hydrogen-bond acceptors (Lipinski definition) is 5. The molecule has 0 saturated heterocycles. The molecule has 0 radical (unpaired) electrons. The highest BCUT2D eigenvalue weighted by atomic mass is 35.5. The van der Waals surface area contributed by atoms with Gasteiger partial charge in [0.1, 0.15) is 16.5 Å². The number of benzene rings is 3. The van der Waals surface area contributed by atoms with E-state index in [-0.39, 0.29) is 16.6 Å². The minimum atomic E-state index is -0.632. The van der Waals surface area contributed by atoms with Crippen LogP contribution in [0.1, 0.15) is 28.4 Å². The third-order valence-corrected chi connectivity index (χ3v) is 5.94. The minimum absolute atomic E-state index is 0.0581. The van der Waals surface area contributed by atoms with E-state index in [1.807, 2.05) is 39.0 Å². The first-order valence-corrected chi connectivity index (χ1v) is 11.4. The lowest BCUT2D eigenvalue weighted by molar-refractivity contribution is -0.120. The molecular weight excluding hydrogens is 466 g/mol. The second-order valence-corrected chi connectivity index (χ2v) is 8.40. The van der Waals surface area contributed by atoms with Crippen molar-refractivity contribution in [1.29, 1.82) is 0 Å². The largest absolute Gasteiger partial charge is 0.494 e. The zero-order chi connectivity index (χ0) is 25.1. The molecule has 3 aromatic carbocycles. The Hall–Kier alpha value is -4.10. The van der Waals surface area contributed by atoms with Gasteiger partial charge in [0.2, 0.25) is 0 Å². The third-order valence-electron chi connectivity index (χ3n) is 5.59. The second-order valence-electron chi connectivity index (χ2n) is 8.02. The van der Waals surface area contributed by atoms with E-state index >= 15 is 0 Å². The number of nitrogens with one attached hydrogen (secondary N) is 2. The first-order chi connectivity index (χ1) is 16.8. The SMILES string of the molecule is CCOc1ccc(N2C(=O)C(Cl)=C(Nc3cccc(C(=O)Nc4ccc(C)c(C)c4)c3)C2=O)cc1. The van der Waals surface area contributed by atoms with Crippen molar-refractivity contribution in [1.82, 2.24) is 0 Å². The van der Waals surface area contributed by atoms with E-state index in [0.717, 1.165) is 16.0 Å². The van der Waals surface area contributed by atoms with Crippen LogP contribution in [0.25, 0.3) is 0 Å². The van der Waals surface area contributed by atoms with Crippen molar-refractivity contribution in [3.63, 3.8) is 0 Å². The molecule has 1 heterocycles. The van der Waals surface area contributed by atoms with E-state index in [9.17, 15) is 14.4 Å². The first kappa shape index (κ1) is 24.0. The molecule has 0 unspecified atom stereocenters. The van der Waals surface area contributed by atoms with Crippen LogP contribution >= 0.6 is 11.6 Å². The summed E-state index contributed by atoms with van der Waals surface area (Å²) in [6, 6.07) is 18.9. The lowest BCUT2D eigenvalue weighted by atomic mass is 10.1. The predicted molar refractivity (Wildman–Crippen MR) is 137 cm³/mol. The van der Waals surface area contributed by atoms with Crippen LogP contribution in [0.5, 0.6) is 5.75 Å². The van der Waals surface area contributed by atoms with E-state index in [1.54, 1.807) is 48.5 Å². The van der Waals surface area contributed by atoms with Crippen LogP contribution in [0.4, 0.5) is 17.1 Å². The smallest absolute Gasteiger partial charge is 0.283 e. The van der Waals surface area contributed by atoms with E-state index in [4.69, 9.17) is 16.3 Å². The lowest BCUT2D eigenvalue weighted by Crippen LogP contribution is -2.32. The Kier molecular flexibility index (Phi) is 6.89. The molecule has 0 aromatic heterocycles. The van der Waals surface area contributed by atoms with E-state index < -0.39 is 11.8 Å². The average molecular weight is 490 g/mol. The number of ether oxygens (including phenoxy) is 1. The molecule has 0 saturated carbocycles. The molecule has 4 rings (SSSR count). The van der Waals surface area contributed by atoms with Gasteiger partial charge in [0.15, 0.2) is 0 Å². The van der Waals surface area contributed by atoms with Gasteiger partial charge in [-0.15, -0.1) is 0 Å². The molecular formula is C27H24ClN3O4. The summed E-state index contributed by atoms with van der Waals surface area (Å²) in [4.78, 5) is 39.6. The summed E-state index contributed by atoms with van der Waals surface area (Å²) >= 11 is 6.24. The van der Waals surface area contributed by atoms with Crippen molar-refractivity contribution < 1.29 is 19.1 Å². The van der Waals surface area contributed by atoms with Crippen molar-refractivity contribution in [2.24, 2.45) is 0 Å². The fourth-order valence-corrected chi connectivity index (χ4v) is 3.82. The van der Waals surface area contributed by atoms with Gasteiger partial charge in [-0.05, 0) is 86.5 Å². The van der Waals surface area contributed by atoms with Crippen LogP contribution in [0.2, 0.25) is 0 Å². The van der Waals surface area contributed by atoms with Crippen LogP contribution in [-0.4, -0.2) is 24.3 Å². The highest BCUT2D eigenvalue weighted by Crippen LogP contribution is 2.31. The van der Waals surface area contributed by atoms with Crippen LogP contribution < -0.4 is 20.3 Å². The number of aryl methyl sites for hydroxylation is 2. The van der Waals surface area contributed by atoms with Gasteiger partial charge >= 0.3 is 0 Å². The van der Waals surface area contributed by atoms with Gasteiger partial charge in [0, 0.05) is 16.9 Å². The van der Waals surface area contributed by atoms with Crippen LogP contribution in [0, 0.1) is 13.8 Å². The number of hydrogen-bond donors (Lipinski definition) is 2. The number of amides is 3. The lowest BCUT2D eigenvalue weighted by Gasteiger charge is -2.16. The Morgan fingerprint density at radius 1 is 0.914 bits per heavy atom. The maximum atomic E-state index is 13.1.